The van der Waals surface area contributed by atoms with Gasteiger partial charge in [0, 0.05) is 12.0 Å². The monoisotopic (exact) mass is 206 g/mol. The van der Waals surface area contributed by atoms with Crippen molar-refractivity contribution in [3.63, 3.8) is 0 Å². The number of carbonyl (C=O) groups excluding carboxylic acids is 1. The van der Waals surface area contributed by atoms with Crippen LogP contribution in [0.25, 0.3) is 0 Å². The summed E-state index contributed by atoms with van der Waals surface area (Å²) in [5, 5.41) is 0. The number of aromatic amines is 1. The standard InChI is InChI=1S/C11H14N2O2/c1-7-3-2-4-9(7)11-12-8(6-14)5-10(15)13-11/h5-7,9H,2-4H2,1H3,(H,12,13,15). The van der Waals surface area contributed by atoms with Gasteiger partial charge in [-0.05, 0) is 18.8 Å². The second-order valence-electron chi connectivity index (χ2n) is 4.19. The van der Waals surface area contributed by atoms with E-state index in [-0.39, 0.29) is 11.3 Å². The van der Waals surface area contributed by atoms with Crippen molar-refractivity contribution in [3.8, 4) is 0 Å². The van der Waals surface area contributed by atoms with Crippen LogP contribution in [0.5, 0.6) is 0 Å². The number of nitrogens with zero attached hydrogens (tertiary/aromatic N) is 1. The van der Waals surface area contributed by atoms with E-state index in [1.54, 1.807) is 0 Å². The number of nitrogens with one attached hydrogen (secondary N) is 1. The molecule has 1 aromatic heterocycles. The second-order valence-corrected chi connectivity index (χ2v) is 4.19. The molecule has 1 N–H and O–H groups in total. The molecule has 1 aliphatic carbocycles. The average molecular weight is 206 g/mol. The molecule has 2 atom stereocenters. The molecule has 0 saturated heterocycles. The Hall–Kier alpha value is -1.45. The highest BCUT2D eigenvalue weighted by atomic mass is 16.1. The summed E-state index contributed by atoms with van der Waals surface area (Å²) < 4.78 is 0. The van der Waals surface area contributed by atoms with Crippen molar-refractivity contribution in [2.45, 2.75) is 32.1 Å². The molecular formula is C11H14N2O2. The molecule has 1 aliphatic rings. The summed E-state index contributed by atoms with van der Waals surface area (Å²) in [5.41, 5.74) is -0.00551. The van der Waals surface area contributed by atoms with E-state index in [9.17, 15) is 9.59 Å². The van der Waals surface area contributed by atoms with Crippen molar-refractivity contribution in [2.24, 2.45) is 5.92 Å². The Morgan fingerprint density at radius 2 is 2.33 bits per heavy atom. The Morgan fingerprint density at radius 1 is 1.53 bits per heavy atom. The number of H-pyrrole nitrogens is 1. The summed E-state index contributed by atoms with van der Waals surface area (Å²) in [7, 11) is 0. The van der Waals surface area contributed by atoms with E-state index in [2.05, 4.69) is 16.9 Å². The number of aldehydes is 1. The highest BCUT2D eigenvalue weighted by Crippen LogP contribution is 2.37. The third-order valence-corrected chi connectivity index (χ3v) is 3.11. The molecule has 80 valence electrons. The molecule has 1 saturated carbocycles. The summed E-state index contributed by atoms with van der Waals surface area (Å²) >= 11 is 0. The van der Waals surface area contributed by atoms with Crippen LogP contribution in [-0.2, 0) is 0 Å². The lowest BCUT2D eigenvalue weighted by molar-refractivity contribution is 0.111. The van der Waals surface area contributed by atoms with Gasteiger partial charge in [0.2, 0.25) is 0 Å². The molecule has 2 rings (SSSR count). The minimum absolute atomic E-state index is 0.229. The summed E-state index contributed by atoms with van der Waals surface area (Å²) in [5.74, 6) is 1.52. The van der Waals surface area contributed by atoms with Crippen molar-refractivity contribution in [3.05, 3.63) is 27.9 Å². The van der Waals surface area contributed by atoms with E-state index in [0.29, 0.717) is 23.9 Å². The van der Waals surface area contributed by atoms with Gasteiger partial charge in [-0.3, -0.25) is 9.59 Å². The fraction of sp³-hybridized carbons (Fsp3) is 0.545. The topological polar surface area (TPSA) is 62.8 Å². The molecule has 15 heavy (non-hydrogen) atoms. The lowest BCUT2D eigenvalue weighted by atomic mass is 9.97. The number of hydrogen-bond donors (Lipinski definition) is 1. The van der Waals surface area contributed by atoms with Crippen molar-refractivity contribution in [1.29, 1.82) is 0 Å². The SMILES string of the molecule is CC1CCCC1c1nc(C=O)cc(=O)[nH]1. The van der Waals surface area contributed by atoms with E-state index < -0.39 is 0 Å². The van der Waals surface area contributed by atoms with E-state index >= 15 is 0 Å². The molecule has 1 aromatic rings. The number of rotatable bonds is 2. The van der Waals surface area contributed by atoms with E-state index in [1.807, 2.05) is 0 Å². The van der Waals surface area contributed by atoms with E-state index in [1.165, 1.54) is 18.9 Å². The Balaban J connectivity index is 2.39. The third kappa shape index (κ3) is 1.98. The summed E-state index contributed by atoms with van der Waals surface area (Å²) in [6, 6.07) is 1.23. The fourth-order valence-electron chi connectivity index (χ4n) is 2.28. The van der Waals surface area contributed by atoms with Crippen molar-refractivity contribution >= 4 is 6.29 Å². The molecule has 0 aliphatic heterocycles. The molecule has 1 heterocycles. The Kier molecular flexibility index (Phi) is 2.66. The Morgan fingerprint density at radius 3 is 2.93 bits per heavy atom. The second kappa shape index (κ2) is 3.96. The maximum atomic E-state index is 11.3. The number of carbonyl (C=O) groups is 1. The van der Waals surface area contributed by atoms with Crippen molar-refractivity contribution in [2.75, 3.05) is 0 Å². The van der Waals surface area contributed by atoms with E-state index in [4.69, 9.17) is 0 Å². The first-order chi connectivity index (χ1) is 7.20. The molecule has 4 nitrogen and oxygen atoms in total. The van der Waals surface area contributed by atoms with Gasteiger partial charge in [-0.25, -0.2) is 4.98 Å². The first-order valence-corrected chi connectivity index (χ1v) is 5.27. The zero-order valence-corrected chi connectivity index (χ0v) is 8.69. The summed E-state index contributed by atoms with van der Waals surface area (Å²) in [6.07, 6.45) is 4.01. The summed E-state index contributed by atoms with van der Waals surface area (Å²) in [6.45, 7) is 2.16. The fourth-order valence-corrected chi connectivity index (χ4v) is 2.28. The van der Waals surface area contributed by atoms with Crippen LogP contribution in [0.3, 0.4) is 0 Å². The minimum Gasteiger partial charge on any atom is -0.310 e. The predicted octanol–water partition coefficient (Wildman–Crippen LogP) is 1.49. The molecule has 0 bridgehead atoms. The van der Waals surface area contributed by atoms with Gasteiger partial charge in [0.05, 0.1) is 0 Å². The van der Waals surface area contributed by atoms with Gasteiger partial charge in [0.15, 0.2) is 6.29 Å². The number of aromatic nitrogens is 2. The Labute approximate surface area is 87.7 Å². The van der Waals surface area contributed by atoms with Gasteiger partial charge in [-0.15, -0.1) is 0 Å². The van der Waals surface area contributed by atoms with Gasteiger partial charge in [0.1, 0.15) is 11.5 Å². The molecule has 4 heteroatoms. The van der Waals surface area contributed by atoms with Crippen LogP contribution in [-0.4, -0.2) is 16.3 Å². The molecule has 0 spiro atoms. The van der Waals surface area contributed by atoms with Gasteiger partial charge in [-0.1, -0.05) is 13.3 Å². The smallest absolute Gasteiger partial charge is 0.251 e. The van der Waals surface area contributed by atoms with Crippen molar-refractivity contribution in [1.82, 2.24) is 9.97 Å². The Bertz CT molecular complexity index is 425. The molecule has 0 aromatic carbocycles. The normalized spacial score (nSPS) is 25.4. The number of hydrogen-bond acceptors (Lipinski definition) is 3. The van der Waals surface area contributed by atoms with Crippen LogP contribution in [0.4, 0.5) is 0 Å². The molecule has 0 amide bonds. The highest BCUT2D eigenvalue weighted by Gasteiger charge is 2.26. The minimum atomic E-state index is -0.235. The van der Waals surface area contributed by atoms with Crippen molar-refractivity contribution < 1.29 is 4.79 Å². The molecule has 1 fully saturated rings. The average Bonchev–Trinajstić information content (AvgIpc) is 2.63. The molecule has 2 unspecified atom stereocenters. The van der Waals surface area contributed by atoms with E-state index in [0.717, 1.165) is 6.42 Å². The quantitative estimate of drug-likeness (QED) is 0.745. The summed E-state index contributed by atoms with van der Waals surface area (Å²) in [4.78, 5) is 28.8. The first-order valence-electron chi connectivity index (χ1n) is 5.27. The molecular weight excluding hydrogens is 192 g/mol. The largest absolute Gasteiger partial charge is 0.310 e. The van der Waals surface area contributed by atoms with Crippen LogP contribution >= 0.6 is 0 Å². The van der Waals surface area contributed by atoms with Crippen LogP contribution in [0.1, 0.15) is 48.4 Å². The predicted molar refractivity (Wildman–Crippen MR) is 56.0 cm³/mol. The maximum absolute atomic E-state index is 11.3. The van der Waals surface area contributed by atoms with Gasteiger partial charge >= 0.3 is 0 Å². The van der Waals surface area contributed by atoms with Crippen LogP contribution in [0, 0.1) is 5.92 Å². The molecule has 0 radical (unpaired) electrons. The van der Waals surface area contributed by atoms with Gasteiger partial charge in [-0.2, -0.15) is 0 Å². The van der Waals surface area contributed by atoms with Crippen LogP contribution in [0.2, 0.25) is 0 Å². The van der Waals surface area contributed by atoms with Crippen LogP contribution < -0.4 is 5.56 Å². The van der Waals surface area contributed by atoms with Gasteiger partial charge in [0.25, 0.3) is 5.56 Å². The van der Waals surface area contributed by atoms with Gasteiger partial charge < -0.3 is 4.98 Å². The third-order valence-electron chi connectivity index (χ3n) is 3.11. The zero-order valence-electron chi connectivity index (χ0n) is 8.69. The maximum Gasteiger partial charge on any atom is 0.251 e. The lowest BCUT2D eigenvalue weighted by Crippen LogP contribution is -2.16. The highest BCUT2D eigenvalue weighted by molar-refractivity contribution is 5.71. The van der Waals surface area contributed by atoms with Crippen LogP contribution in [0.15, 0.2) is 10.9 Å². The lowest BCUT2D eigenvalue weighted by Gasteiger charge is -2.13. The first kappa shape index (κ1) is 10.1. The zero-order chi connectivity index (χ0) is 10.8.